The average Bonchev–Trinajstić information content (AvgIpc) is 3.39. The smallest absolute Gasteiger partial charge is 0.264 e. The number of amides is 1. The van der Waals surface area contributed by atoms with Gasteiger partial charge in [0.05, 0.1) is 17.2 Å². The predicted molar refractivity (Wildman–Crippen MR) is 161 cm³/mol. The lowest BCUT2D eigenvalue weighted by Gasteiger charge is -2.21. The molecule has 3 aromatic rings. The number of nitrogens with one attached hydrogen (secondary N) is 1. The Morgan fingerprint density at radius 3 is 2.17 bits per heavy atom. The van der Waals surface area contributed by atoms with Gasteiger partial charge in [-0.1, -0.05) is 72.6 Å². The van der Waals surface area contributed by atoms with E-state index in [4.69, 9.17) is 34.0 Å². The number of halogens is 2. The van der Waals surface area contributed by atoms with Crippen LogP contribution >= 0.6 is 23.2 Å². The van der Waals surface area contributed by atoms with Gasteiger partial charge in [0, 0.05) is 28.3 Å². The third-order valence-corrected chi connectivity index (χ3v) is 8.47. The summed E-state index contributed by atoms with van der Waals surface area (Å²) in [6.07, 6.45) is -0.136. The molecule has 41 heavy (non-hydrogen) atoms. The molecule has 0 radical (unpaired) electrons. The Labute approximate surface area is 249 Å². The molecule has 0 saturated heterocycles. The highest BCUT2D eigenvalue weighted by atomic mass is 35.5. The van der Waals surface area contributed by atoms with Crippen LogP contribution in [0, 0.1) is 5.92 Å². The fourth-order valence-corrected chi connectivity index (χ4v) is 5.49. The van der Waals surface area contributed by atoms with E-state index in [1.165, 1.54) is 36.2 Å². The van der Waals surface area contributed by atoms with Crippen molar-refractivity contribution in [2.75, 3.05) is 6.54 Å². The van der Waals surface area contributed by atoms with Crippen molar-refractivity contribution < 1.29 is 18.0 Å². The predicted octanol–water partition coefficient (Wildman–Crippen LogP) is 4.60. The number of hydrogen-bond donors (Lipinski definition) is 2. The van der Waals surface area contributed by atoms with Gasteiger partial charge in [-0.15, -0.1) is 0 Å². The second-order valence-corrected chi connectivity index (χ2v) is 12.3. The summed E-state index contributed by atoms with van der Waals surface area (Å²) >= 11 is 12.1. The summed E-state index contributed by atoms with van der Waals surface area (Å²) < 4.78 is 29.3. The van der Waals surface area contributed by atoms with Crippen molar-refractivity contribution in [2.24, 2.45) is 21.7 Å². The first-order valence-electron chi connectivity index (χ1n) is 12.8. The molecule has 3 N–H and O–H groups in total. The minimum absolute atomic E-state index is 0.0448. The lowest BCUT2D eigenvalue weighted by Crippen LogP contribution is -2.42. The maximum atomic E-state index is 13.4. The number of sulfonamides is 1. The number of hydrogen-bond acceptors (Lipinski definition) is 6. The van der Waals surface area contributed by atoms with Crippen molar-refractivity contribution in [3.05, 3.63) is 100 Å². The van der Waals surface area contributed by atoms with Crippen LogP contribution in [0.1, 0.15) is 37.3 Å². The van der Waals surface area contributed by atoms with Crippen molar-refractivity contribution in [3.8, 4) is 0 Å². The maximum Gasteiger partial charge on any atom is 0.264 e. The first-order valence-corrected chi connectivity index (χ1v) is 15.0. The summed E-state index contributed by atoms with van der Waals surface area (Å²) in [6, 6.07) is 21.5. The molecule has 1 aliphatic rings. The van der Waals surface area contributed by atoms with Crippen molar-refractivity contribution in [1.82, 2.24) is 9.73 Å². The Morgan fingerprint density at radius 2 is 1.59 bits per heavy atom. The van der Waals surface area contributed by atoms with Gasteiger partial charge >= 0.3 is 0 Å². The number of rotatable bonds is 9. The summed E-state index contributed by atoms with van der Waals surface area (Å²) in [7, 11) is -4.14. The Kier molecular flexibility index (Phi) is 9.47. The van der Waals surface area contributed by atoms with Gasteiger partial charge in [0.15, 0.2) is 5.78 Å². The highest BCUT2D eigenvalue weighted by molar-refractivity contribution is 7.90. The van der Waals surface area contributed by atoms with Crippen LogP contribution in [0.3, 0.4) is 0 Å². The Balaban J connectivity index is 1.76. The zero-order chi connectivity index (χ0) is 29.7. The van der Waals surface area contributed by atoms with Crippen molar-refractivity contribution in [3.63, 3.8) is 0 Å². The van der Waals surface area contributed by atoms with E-state index in [9.17, 15) is 18.0 Å². The molecule has 12 heteroatoms. The van der Waals surface area contributed by atoms with E-state index in [0.717, 1.165) is 11.1 Å². The molecule has 1 amide bonds. The molecule has 3 unspecified atom stereocenters. The minimum Gasteiger partial charge on any atom is -0.369 e. The van der Waals surface area contributed by atoms with Gasteiger partial charge in [-0.2, -0.15) is 5.10 Å². The van der Waals surface area contributed by atoms with Crippen LogP contribution in [0.25, 0.3) is 0 Å². The molecule has 0 spiro atoms. The maximum absolute atomic E-state index is 13.4. The van der Waals surface area contributed by atoms with Gasteiger partial charge in [-0.25, -0.2) is 23.1 Å². The minimum atomic E-state index is -4.14. The number of nitrogens with two attached hydrogens (primary N) is 1. The van der Waals surface area contributed by atoms with Crippen LogP contribution in [-0.2, 0) is 19.6 Å². The normalized spacial score (nSPS) is 17.1. The Hall–Kier alpha value is -3.73. The summed E-state index contributed by atoms with van der Waals surface area (Å²) in [5.41, 5.74) is 7.76. The number of carbonyl (C=O) groups is 2. The van der Waals surface area contributed by atoms with Crippen LogP contribution < -0.4 is 10.5 Å². The quantitative estimate of drug-likeness (QED) is 0.269. The summed E-state index contributed by atoms with van der Waals surface area (Å²) in [5.74, 6) is -2.07. The molecule has 1 aliphatic heterocycles. The van der Waals surface area contributed by atoms with Crippen LogP contribution in [0.15, 0.2) is 93.9 Å². The number of guanidine groups is 1. The number of Topliss-reactive ketones (excluding diaryl/α,β-unsaturated/α-hetero) is 1. The van der Waals surface area contributed by atoms with Crippen LogP contribution in [-0.4, -0.2) is 49.4 Å². The van der Waals surface area contributed by atoms with Crippen LogP contribution in [0.5, 0.6) is 0 Å². The second-order valence-electron chi connectivity index (χ2n) is 9.70. The topological polar surface area (TPSA) is 134 Å². The number of aliphatic imine (C=N–C) groups is 1. The molecule has 3 atom stereocenters. The third-order valence-electron chi connectivity index (χ3n) is 6.63. The molecule has 0 aromatic heterocycles. The van der Waals surface area contributed by atoms with E-state index in [2.05, 4.69) is 9.71 Å². The molecule has 9 nitrogen and oxygen atoms in total. The molecule has 0 bridgehead atoms. The molecule has 3 aromatic carbocycles. The van der Waals surface area contributed by atoms with Crippen molar-refractivity contribution in [1.29, 1.82) is 0 Å². The number of benzene rings is 3. The highest BCUT2D eigenvalue weighted by Crippen LogP contribution is 2.30. The van der Waals surface area contributed by atoms with Gasteiger partial charge < -0.3 is 5.73 Å². The van der Waals surface area contributed by atoms with Crippen LogP contribution in [0.2, 0.25) is 10.0 Å². The third kappa shape index (κ3) is 7.52. The lowest BCUT2D eigenvalue weighted by atomic mass is 9.91. The summed E-state index contributed by atoms with van der Waals surface area (Å²) in [6.45, 7) is 3.32. The zero-order valence-electron chi connectivity index (χ0n) is 22.4. The average molecular weight is 615 g/mol. The van der Waals surface area contributed by atoms with E-state index in [-0.39, 0.29) is 35.5 Å². The van der Waals surface area contributed by atoms with Gasteiger partial charge in [0.1, 0.15) is 6.04 Å². The van der Waals surface area contributed by atoms with Crippen LogP contribution in [0.4, 0.5) is 0 Å². The molecule has 214 valence electrons. The first-order chi connectivity index (χ1) is 19.4. The highest BCUT2D eigenvalue weighted by Gasteiger charge is 2.34. The first kappa shape index (κ1) is 30.2. The summed E-state index contributed by atoms with van der Waals surface area (Å²) in [5, 5.41) is 7.17. The van der Waals surface area contributed by atoms with Gasteiger partial charge in [-0.3, -0.25) is 9.59 Å². The van der Waals surface area contributed by atoms with E-state index in [0.29, 0.717) is 15.8 Å². The molecule has 1 heterocycles. The van der Waals surface area contributed by atoms with Gasteiger partial charge in [0.25, 0.3) is 10.0 Å². The van der Waals surface area contributed by atoms with Crippen molar-refractivity contribution in [2.45, 2.75) is 37.1 Å². The fourth-order valence-electron chi connectivity index (χ4n) is 4.23. The number of nitrogens with zero attached hydrogens (tertiary/aromatic N) is 3. The Bertz CT molecular complexity index is 1580. The summed E-state index contributed by atoms with van der Waals surface area (Å²) in [4.78, 5) is 28.9. The fraction of sp³-hybridized carbons (Fsp3) is 0.241. The van der Waals surface area contributed by atoms with Gasteiger partial charge in [0.2, 0.25) is 11.9 Å². The molecular formula is C29H29Cl2N5O4S. The van der Waals surface area contributed by atoms with E-state index in [1.807, 2.05) is 42.5 Å². The van der Waals surface area contributed by atoms with Gasteiger partial charge in [-0.05, 0) is 54.4 Å². The number of carbonyl (C=O) groups excluding carboxylic acids is 2. The SMILES string of the molecule is CC(CC(=O)C(C)N=C(NS(=O)(=O)c1ccc(Cl)cc1)N1CC(c2ccccc2)C(c2ccc(Cl)cc2)=N1)C(N)=O. The van der Waals surface area contributed by atoms with E-state index >= 15 is 0 Å². The molecule has 0 fully saturated rings. The largest absolute Gasteiger partial charge is 0.369 e. The van der Waals surface area contributed by atoms with E-state index < -0.39 is 27.9 Å². The van der Waals surface area contributed by atoms with E-state index in [1.54, 1.807) is 19.1 Å². The van der Waals surface area contributed by atoms with Crippen molar-refractivity contribution >= 4 is 56.6 Å². The lowest BCUT2D eigenvalue weighted by molar-refractivity contribution is -0.127. The molecule has 0 saturated carbocycles. The molecule has 0 aliphatic carbocycles. The standard InChI is InChI=1S/C29H29Cl2N5O4S/c1-18(28(32)38)16-26(37)19(2)33-29(35-41(39,40)24-14-12-23(31)13-15-24)36-17-25(20-6-4-3-5-7-20)27(34-36)21-8-10-22(30)11-9-21/h3-15,18-19,25H,16-17H2,1-2H3,(H2,32,38)(H,33,35). The monoisotopic (exact) mass is 613 g/mol. The second kappa shape index (κ2) is 12.8. The number of primary amides is 1. The molecular weight excluding hydrogens is 585 g/mol. The Morgan fingerprint density at radius 1 is 1.00 bits per heavy atom. The molecule has 4 rings (SSSR count). The zero-order valence-corrected chi connectivity index (χ0v) is 24.7. The number of ketones is 1. The number of hydrazone groups is 1.